The van der Waals surface area contributed by atoms with Crippen LogP contribution in [0.25, 0.3) is 34.2 Å². The second kappa shape index (κ2) is 5.45. The Hall–Kier alpha value is -3.35. The molecule has 0 atom stereocenters. The zero-order chi connectivity index (χ0) is 15.6. The Morgan fingerprint density at radius 3 is 2.70 bits per heavy atom. The number of pyridine rings is 1. The minimum absolute atomic E-state index is 0.289. The lowest BCUT2D eigenvalue weighted by Gasteiger charge is -1.94. The van der Waals surface area contributed by atoms with E-state index in [9.17, 15) is 4.39 Å². The second-order valence-corrected chi connectivity index (χ2v) is 4.84. The first-order valence-electron chi connectivity index (χ1n) is 6.85. The van der Waals surface area contributed by atoms with Crippen molar-refractivity contribution in [1.29, 1.82) is 0 Å². The summed E-state index contributed by atoms with van der Waals surface area (Å²) < 4.78 is 18.2. The molecule has 0 radical (unpaired) electrons. The summed E-state index contributed by atoms with van der Waals surface area (Å²) in [5.74, 6) is 0.485. The minimum Gasteiger partial charge on any atom is -0.332 e. The molecule has 0 saturated heterocycles. The molecular weight excluding hydrogens is 297 g/mol. The van der Waals surface area contributed by atoms with Gasteiger partial charge in [-0.15, -0.1) is 0 Å². The molecule has 1 aromatic carbocycles. The smallest absolute Gasteiger partial charge is 0.276 e. The van der Waals surface area contributed by atoms with Crippen LogP contribution >= 0.6 is 0 Å². The number of halogens is 1. The van der Waals surface area contributed by atoms with Crippen LogP contribution in [-0.2, 0) is 0 Å². The van der Waals surface area contributed by atoms with Crippen LogP contribution in [0.5, 0.6) is 0 Å². The summed E-state index contributed by atoms with van der Waals surface area (Å²) in [4.78, 5) is 8.34. The standard InChI is InChI=1S/C16H10FN5O/c17-12-5-3-10(4-6-12)13-8-14(21-20-13)16-19-15(22-23-16)11-2-1-7-18-9-11/h1-9H,(H,20,21). The molecule has 0 unspecified atom stereocenters. The average Bonchev–Trinajstić information content (AvgIpc) is 3.26. The number of hydrogen-bond donors (Lipinski definition) is 1. The van der Waals surface area contributed by atoms with Crippen molar-refractivity contribution in [2.45, 2.75) is 0 Å². The lowest BCUT2D eigenvalue weighted by Crippen LogP contribution is -1.82. The van der Waals surface area contributed by atoms with Gasteiger partial charge in [0.15, 0.2) is 0 Å². The number of nitrogens with one attached hydrogen (secondary N) is 1. The van der Waals surface area contributed by atoms with Gasteiger partial charge in [0.2, 0.25) is 5.82 Å². The van der Waals surface area contributed by atoms with Gasteiger partial charge in [-0.3, -0.25) is 10.1 Å². The number of rotatable bonds is 3. The van der Waals surface area contributed by atoms with E-state index in [1.165, 1.54) is 12.1 Å². The van der Waals surface area contributed by atoms with Crippen LogP contribution in [0.3, 0.4) is 0 Å². The van der Waals surface area contributed by atoms with Crippen LogP contribution < -0.4 is 0 Å². The number of aromatic amines is 1. The number of aromatic nitrogens is 5. The maximum absolute atomic E-state index is 13.0. The number of benzene rings is 1. The Bertz CT molecular complexity index is 931. The Labute approximate surface area is 130 Å². The first-order valence-corrected chi connectivity index (χ1v) is 6.85. The van der Waals surface area contributed by atoms with Crippen molar-refractivity contribution in [2.24, 2.45) is 0 Å². The lowest BCUT2D eigenvalue weighted by atomic mass is 10.1. The molecule has 1 N–H and O–H groups in total. The summed E-state index contributed by atoms with van der Waals surface area (Å²) in [5, 5.41) is 11.0. The first-order chi connectivity index (χ1) is 11.3. The largest absolute Gasteiger partial charge is 0.332 e. The second-order valence-electron chi connectivity index (χ2n) is 4.84. The molecule has 3 heterocycles. The van der Waals surface area contributed by atoms with Crippen molar-refractivity contribution in [3.05, 3.63) is 60.7 Å². The highest BCUT2D eigenvalue weighted by molar-refractivity contribution is 5.65. The molecule has 4 aromatic rings. The molecule has 0 amide bonds. The topological polar surface area (TPSA) is 80.5 Å². The highest BCUT2D eigenvalue weighted by atomic mass is 19.1. The fourth-order valence-electron chi connectivity index (χ4n) is 2.14. The van der Waals surface area contributed by atoms with Crippen molar-refractivity contribution in [1.82, 2.24) is 25.3 Å². The molecule has 0 aliphatic rings. The van der Waals surface area contributed by atoms with Gasteiger partial charge in [0.1, 0.15) is 11.5 Å². The van der Waals surface area contributed by atoms with Crippen LogP contribution in [0.4, 0.5) is 4.39 Å². The van der Waals surface area contributed by atoms with Gasteiger partial charge in [-0.1, -0.05) is 5.16 Å². The number of H-pyrrole nitrogens is 1. The van der Waals surface area contributed by atoms with E-state index in [0.717, 1.165) is 11.1 Å². The van der Waals surface area contributed by atoms with Crippen molar-refractivity contribution in [3.8, 4) is 34.2 Å². The van der Waals surface area contributed by atoms with Crippen LogP contribution in [0, 0.1) is 5.82 Å². The third kappa shape index (κ3) is 2.59. The molecule has 7 heteroatoms. The summed E-state index contributed by atoms with van der Waals surface area (Å²) in [7, 11) is 0. The SMILES string of the molecule is Fc1ccc(-c2cc(-c3nc(-c4cccnc4)no3)[nH]n2)cc1. The highest BCUT2D eigenvalue weighted by Crippen LogP contribution is 2.24. The molecule has 3 aromatic heterocycles. The van der Waals surface area contributed by atoms with Gasteiger partial charge >= 0.3 is 0 Å². The molecule has 4 rings (SSSR count). The molecule has 112 valence electrons. The van der Waals surface area contributed by atoms with E-state index in [1.807, 2.05) is 6.07 Å². The van der Waals surface area contributed by atoms with Crippen LogP contribution in [0.2, 0.25) is 0 Å². The summed E-state index contributed by atoms with van der Waals surface area (Å²) in [6.07, 6.45) is 3.33. The molecule has 0 aliphatic heterocycles. The Balaban J connectivity index is 1.65. The maximum Gasteiger partial charge on any atom is 0.276 e. The fraction of sp³-hybridized carbons (Fsp3) is 0. The molecular formula is C16H10FN5O. The third-order valence-corrected chi connectivity index (χ3v) is 3.29. The summed E-state index contributed by atoms with van der Waals surface area (Å²) in [6, 6.07) is 11.5. The van der Waals surface area contributed by atoms with E-state index in [2.05, 4.69) is 25.3 Å². The van der Waals surface area contributed by atoms with Gasteiger partial charge in [-0.25, -0.2) is 4.39 Å². The third-order valence-electron chi connectivity index (χ3n) is 3.29. The monoisotopic (exact) mass is 307 g/mol. The Morgan fingerprint density at radius 1 is 1.04 bits per heavy atom. The van der Waals surface area contributed by atoms with Crippen molar-refractivity contribution in [2.75, 3.05) is 0 Å². The maximum atomic E-state index is 13.0. The van der Waals surface area contributed by atoms with Crippen molar-refractivity contribution in [3.63, 3.8) is 0 Å². The fourth-order valence-corrected chi connectivity index (χ4v) is 2.14. The van der Waals surface area contributed by atoms with Gasteiger partial charge < -0.3 is 4.52 Å². The molecule has 0 aliphatic carbocycles. The van der Waals surface area contributed by atoms with Gasteiger partial charge in [0.25, 0.3) is 5.89 Å². The van der Waals surface area contributed by atoms with Crippen LogP contribution in [0.1, 0.15) is 0 Å². The van der Waals surface area contributed by atoms with E-state index in [4.69, 9.17) is 4.52 Å². The van der Waals surface area contributed by atoms with Gasteiger partial charge in [-0.2, -0.15) is 10.1 Å². The number of nitrogens with zero attached hydrogens (tertiary/aromatic N) is 4. The predicted molar refractivity (Wildman–Crippen MR) is 80.5 cm³/mol. The highest BCUT2D eigenvalue weighted by Gasteiger charge is 2.14. The van der Waals surface area contributed by atoms with Crippen molar-refractivity contribution >= 4 is 0 Å². The molecule has 0 fully saturated rings. The molecule has 0 saturated carbocycles. The van der Waals surface area contributed by atoms with Gasteiger partial charge in [-0.05, 0) is 42.5 Å². The van der Waals surface area contributed by atoms with E-state index in [0.29, 0.717) is 23.1 Å². The van der Waals surface area contributed by atoms with E-state index in [1.54, 1.807) is 36.7 Å². The Morgan fingerprint density at radius 2 is 1.91 bits per heavy atom. The van der Waals surface area contributed by atoms with Gasteiger partial charge in [0, 0.05) is 23.5 Å². The zero-order valence-electron chi connectivity index (χ0n) is 11.8. The summed E-state index contributed by atoms with van der Waals surface area (Å²) in [5.41, 5.74) is 2.81. The Kier molecular flexibility index (Phi) is 3.16. The summed E-state index contributed by atoms with van der Waals surface area (Å²) >= 11 is 0. The van der Waals surface area contributed by atoms with E-state index >= 15 is 0 Å². The van der Waals surface area contributed by atoms with Crippen molar-refractivity contribution < 1.29 is 8.91 Å². The minimum atomic E-state index is -0.289. The molecule has 6 nitrogen and oxygen atoms in total. The zero-order valence-corrected chi connectivity index (χ0v) is 11.8. The summed E-state index contributed by atoms with van der Waals surface area (Å²) in [6.45, 7) is 0. The predicted octanol–water partition coefficient (Wildman–Crippen LogP) is 3.33. The lowest BCUT2D eigenvalue weighted by molar-refractivity contribution is 0.431. The van der Waals surface area contributed by atoms with Gasteiger partial charge in [0.05, 0.1) is 5.69 Å². The first kappa shape index (κ1) is 13.3. The molecule has 23 heavy (non-hydrogen) atoms. The molecule has 0 spiro atoms. The molecule has 0 bridgehead atoms. The quantitative estimate of drug-likeness (QED) is 0.628. The average molecular weight is 307 g/mol. The normalized spacial score (nSPS) is 10.8. The van der Waals surface area contributed by atoms with Crippen LogP contribution in [-0.4, -0.2) is 25.3 Å². The van der Waals surface area contributed by atoms with E-state index in [-0.39, 0.29) is 5.82 Å². The van der Waals surface area contributed by atoms with E-state index < -0.39 is 0 Å². The van der Waals surface area contributed by atoms with Crippen LogP contribution in [0.15, 0.2) is 59.4 Å². The number of hydrogen-bond acceptors (Lipinski definition) is 5.